The zero-order valence-electron chi connectivity index (χ0n) is 10.7. The molecule has 3 rings (SSSR count). The molecule has 2 aliphatic rings. The molecule has 2 fully saturated rings. The maximum atomic E-state index is 12.7. The van der Waals surface area contributed by atoms with E-state index in [0.717, 1.165) is 32.1 Å². The van der Waals surface area contributed by atoms with E-state index in [2.05, 4.69) is 9.97 Å². The minimum absolute atomic E-state index is 0.366. The van der Waals surface area contributed by atoms with E-state index in [1.54, 1.807) is 0 Å². The molecule has 20 heavy (non-hydrogen) atoms. The number of halogens is 3. The average Bonchev–Trinajstić information content (AvgIpc) is 3.17. The van der Waals surface area contributed by atoms with Gasteiger partial charge >= 0.3 is 6.18 Å². The summed E-state index contributed by atoms with van der Waals surface area (Å²) in [7, 11) is 0. The lowest BCUT2D eigenvalue weighted by molar-refractivity contribution is -0.141. The Bertz CT molecular complexity index is 562. The number of hydrogen-bond acceptors (Lipinski definition) is 4. The summed E-state index contributed by atoms with van der Waals surface area (Å²) in [5.74, 6) is 0.366. The standard InChI is InChI=1S/C13H13F3N4/c14-13(15,16)11-9(7-17)19-10(8-18-11)20-5-3-12(1-2-12)4-6-20/h8H,1-6H2. The van der Waals surface area contributed by atoms with Crippen molar-refractivity contribution in [3.63, 3.8) is 0 Å². The third kappa shape index (κ3) is 2.30. The maximum absolute atomic E-state index is 12.7. The van der Waals surface area contributed by atoms with E-state index in [1.807, 2.05) is 4.90 Å². The predicted octanol–water partition coefficient (Wildman–Crippen LogP) is 2.75. The van der Waals surface area contributed by atoms with Gasteiger partial charge in [-0.2, -0.15) is 18.4 Å². The number of hydrogen-bond donors (Lipinski definition) is 0. The quantitative estimate of drug-likeness (QED) is 0.794. The van der Waals surface area contributed by atoms with Crippen molar-refractivity contribution < 1.29 is 13.2 Å². The van der Waals surface area contributed by atoms with Crippen LogP contribution in [0.1, 0.15) is 37.1 Å². The van der Waals surface area contributed by atoms with Gasteiger partial charge in [0.1, 0.15) is 11.9 Å². The molecule has 0 atom stereocenters. The zero-order valence-corrected chi connectivity index (χ0v) is 10.7. The predicted molar refractivity (Wildman–Crippen MR) is 64.9 cm³/mol. The number of anilines is 1. The first-order chi connectivity index (χ1) is 9.43. The van der Waals surface area contributed by atoms with Crippen molar-refractivity contribution in [3.8, 4) is 6.07 Å². The summed E-state index contributed by atoms with van der Waals surface area (Å²) in [4.78, 5) is 9.14. The zero-order chi connectivity index (χ0) is 14.4. The maximum Gasteiger partial charge on any atom is 0.436 e. The molecule has 0 N–H and O–H groups in total. The summed E-state index contributed by atoms with van der Waals surface area (Å²) >= 11 is 0. The van der Waals surface area contributed by atoms with Crippen LogP contribution in [-0.4, -0.2) is 23.1 Å². The molecule has 0 bridgehead atoms. The number of nitriles is 1. The van der Waals surface area contributed by atoms with E-state index in [4.69, 9.17) is 5.26 Å². The van der Waals surface area contributed by atoms with Gasteiger partial charge in [0, 0.05) is 13.1 Å². The van der Waals surface area contributed by atoms with E-state index < -0.39 is 17.6 Å². The molecule has 0 aromatic carbocycles. The highest BCUT2D eigenvalue weighted by Gasteiger charge is 2.44. The summed E-state index contributed by atoms with van der Waals surface area (Å²) in [5.41, 5.74) is -1.38. The van der Waals surface area contributed by atoms with Crippen LogP contribution in [0.5, 0.6) is 0 Å². The van der Waals surface area contributed by atoms with Crippen molar-refractivity contribution in [3.05, 3.63) is 17.6 Å². The molecule has 1 aliphatic carbocycles. The molecule has 0 unspecified atom stereocenters. The summed E-state index contributed by atoms with van der Waals surface area (Å²) in [5, 5.41) is 8.83. The molecule has 1 aromatic rings. The second-order valence-electron chi connectivity index (χ2n) is 5.52. The first kappa shape index (κ1) is 13.2. The van der Waals surface area contributed by atoms with Crippen LogP contribution in [-0.2, 0) is 6.18 Å². The molecule has 0 amide bonds. The molecule has 7 heteroatoms. The van der Waals surface area contributed by atoms with Gasteiger partial charge in [0.25, 0.3) is 0 Å². The fourth-order valence-electron chi connectivity index (χ4n) is 2.70. The number of nitrogens with zero attached hydrogens (tertiary/aromatic N) is 4. The third-order valence-corrected chi connectivity index (χ3v) is 4.24. The van der Waals surface area contributed by atoms with Gasteiger partial charge in [0.05, 0.1) is 6.20 Å². The summed E-state index contributed by atoms with van der Waals surface area (Å²) in [6.45, 7) is 1.54. The second-order valence-corrected chi connectivity index (χ2v) is 5.52. The highest BCUT2D eigenvalue weighted by atomic mass is 19.4. The lowest BCUT2D eigenvalue weighted by atomic mass is 9.94. The highest BCUT2D eigenvalue weighted by molar-refractivity contribution is 5.42. The van der Waals surface area contributed by atoms with Gasteiger partial charge in [-0.3, -0.25) is 0 Å². The van der Waals surface area contributed by atoms with Crippen LogP contribution in [0.3, 0.4) is 0 Å². The summed E-state index contributed by atoms with van der Waals surface area (Å²) in [6.07, 6.45) is 1.06. The molecule has 4 nitrogen and oxygen atoms in total. The smallest absolute Gasteiger partial charge is 0.355 e. The van der Waals surface area contributed by atoms with Crippen molar-refractivity contribution in [1.82, 2.24) is 9.97 Å². The summed E-state index contributed by atoms with van der Waals surface area (Å²) in [6, 6.07) is 1.49. The van der Waals surface area contributed by atoms with Gasteiger partial charge in [0.15, 0.2) is 11.4 Å². The molecule has 1 aromatic heterocycles. The van der Waals surface area contributed by atoms with Gasteiger partial charge in [-0.25, -0.2) is 9.97 Å². The molecule has 2 heterocycles. The number of piperidine rings is 1. The van der Waals surface area contributed by atoms with E-state index in [0.29, 0.717) is 11.2 Å². The van der Waals surface area contributed by atoms with Crippen LogP contribution in [0.4, 0.5) is 19.0 Å². The third-order valence-electron chi connectivity index (χ3n) is 4.24. The SMILES string of the molecule is N#Cc1nc(N2CCC3(CC2)CC3)cnc1C(F)(F)F. The van der Waals surface area contributed by atoms with Crippen molar-refractivity contribution in [1.29, 1.82) is 5.26 Å². The van der Waals surface area contributed by atoms with Gasteiger partial charge in [0.2, 0.25) is 0 Å². The Kier molecular flexibility index (Phi) is 2.85. The molecule has 1 saturated carbocycles. The van der Waals surface area contributed by atoms with Crippen LogP contribution in [0.25, 0.3) is 0 Å². The van der Waals surface area contributed by atoms with Crippen molar-refractivity contribution in [2.75, 3.05) is 18.0 Å². The first-order valence-electron chi connectivity index (χ1n) is 6.53. The van der Waals surface area contributed by atoms with E-state index >= 15 is 0 Å². The monoisotopic (exact) mass is 282 g/mol. The Morgan fingerprint density at radius 3 is 2.35 bits per heavy atom. The van der Waals surface area contributed by atoms with E-state index in [1.165, 1.54) is 18.9 Å². The van der Waals surface area contributed by atoms with Crippen molar-refractivity contribution in [2.24, 2.45) is 5.41 Å². The van der Waals surface area contributed by atoms with Crippen LogP contribution in [0.15, 0.2) is 6.20 Å². The molecule has 106 valence electrons. The van der Waals surface area contributed by atoms with Crippen LogP contribution in [0.2, 0.25) is 0 Å². The lowest BCUT2D eigenvalue weighted by Crippen LogP contribution is -2.35. The Balaban J connectivity index is 1.83. The van der Waals surface area contributed by atoms with Gasteiger partial charge in [-0.05, 0) is 31.1 Å². The van der Waals surface area contributed by atoms with Crippen molar-refractivity contribution in [2.45, 2.75) is 31.9 Å². The fourth-order valence-corrected chi connectivity index (χ4v) is 2.70. The van der Waals surface area contributed by atoms with E-state index in [9.17, 15) is 13.2 Å². The molecular formula is C13H13F3N4. The minimum atomic E-state index is -4.64. The van der Waals surface area contributed by atoms with E-state index in [-0.39, 0.29) is 0 Å². The Morgan fingerprint density at radius 1 is 1.20 bits per heavy atom. The largest absolute Gasteiger partial charge is 0.436 e. The first-order valence-corrected chi connectivity index (χ1v) is 6.53. The average molecular weight is 282 g/mol. The van der Waals surface area contributed by atoms with Crippen LogP contribution >= 0.6 is 0 Å². The fraction of sp³-hybridized carbons (Fsp3) is 0.615. The lowest BCUT2D eigenvalue weighted by Gasteiger charge is -2.32. The number of alkyl halides is 3. The molecular weight excluding hydrogens is 269 g/mol. The highest BCUT2D eigenvalue weighted by Crippen LogP contribution is 2.53. The second kappa shape index (κ2) is 4.33. The Morgan fingerprint density at radius 2 is 1.85 bits per heavy atom. The Labute approximate surface area is 114 Å². The van der Waals surface area contributed by atoms with Crippen molar-refractivity contribution >= 4 is 5.82 Å². The number of rotatable bonds is 1. The normalized spacial score (nSPS) is 20.8. The Hall–Kier alpha value is -1.84. The molecule has 1 spiro atoms. The number of aromatic nitrogens is 2. The molecule has 0 radical (unpaired) electrons. The summed E-state index contributed by atoms with van der Waals surface area (Å²) < 4.78 is 38.0. The van der Waals surface area contributed by atoms with Crippen LogP contribution < -0.4 is 4.90 Å². The topological polar surface area (TPSA) is 52.8 Å². The minimum Gasteiger partial charge on any atom is -0.355 e. The van der Waals surface area contributed by atoms with Gasteiger partial charge < -0.3 is 4.90 Å². The van der Waals surface area contributed by atoms with Gasteiger partial charge in [-0.15, -0.1) is 0 Å². The van der Waals surface area contributed by atoms with Gasteiger partial charge in [-0.1, -0.05) is 0 Å². The molecule has 1 saturated heterocycles. The molecule has 1 aliphatic heterocycles. The van der Waals surface area contributed by atoms with Crippen LogP contribution in [0, 0.1) is 16.7 Å².